The van der Waals surface area contributed by atoms with Gasteiger partial charge in [-0.2, -0.15) is 0 Å². The molecule has 0 spiro atoms. The van der Waals surface area contributed by atoms with Gasteiger partial charge < -0.3 is 0 Å². The molecule has 26 heavy (non-hydrogen) atoms. The van der Waals surface area contributed by atoms with Crippen molar-refractivity contribution in [2.45, 2.75) is 17.4 Å². The van der Waals surface area contributed by atoms with Gasteiger partial charge in [0.25, 0.3) is 0 Å². The van der Waals surface area contributed by atoms with Crippen molar-refractivity contribution >= 4 is 19.9 Å². The van der Waals surface area contributed by atoms with E-state index < -0.39 is 30.9 Å². The summed E-state index contributed by atoms with van der Waals surface area (Å²) >= 11 is 0. The van der Waals surface area contributed by atoms with E-state index in [1.54, 1.807) is 24.3 Å². The Morgan fingerprint density at radius 1 is 1.00 bits per heavy atom. The fourth-order valence-electron chi connectivity index (χ4n) is 3.13. The Bertz CT molecular complexity index is 958. The Balaban J connectivity index is 1.79. The van der Waals surface area contributed by atoms with Crippen molar-refractivity contribution in [3.63, 3.8) is 0 Å². The van der Waals surface area contributed by atoms with Crippen LogP contribution in [-0.4, -0.2) is 40.0 Å². The first-order valence-electron chi connectivity index (χ1n) is 8.27. The molecule has 0 bridgehead atoms. The summed E-state index contributed by atoms with van der Waals surface area (Å²) in [5, 5.41) is -0.699. The van der Waals surface area contributed by atoms with Crippen LogP contribution in [0.1, 0.15) is 22.8 Å². The van der Waals surface area contributed by atoms with Gasteiger partial charge in [-0.25, -0.2) is 25.5 Å². The molecule has 0 amide bonds. The second-order valence-corrected chi connectivity index (χ2v) is 10.6. The molecule has 0 N–H and O–H groups in total. The van der Waals surface area contributed by atoms with E-state index in [1.165, 1.54) is 28.6 Å². The Hall–Kier alpha value is -1.77. The maximum Gasteiger partial charge on any atom is 0.218 e. The van der Waals surface area contributed by atoms with E-state index in [1.807, 2.05) is 6.07 Å². The van der Waals surface area contributed by atoms with Gasteiger partial charge in [-0.15, -0.1) is 0 Å². The number of sulfonamides is 1. The topological polar surface area (TPSA) is 71.5 Å². The molecule has 1 saturated heterocycles. The molecule has 1 heterocycles. The zero-order valence-electron chi connectivity index (χ0n) is 14.1. The molecule has 1 atom stereocenters. The van der Waals surface area contributed by atoms with Crippen LogP contribution in [0.4, 0.5) is 4.39 Å². The average molecular weight is 397 g/mol. The van der Waals surface area contributed by atoms with Crippen LogP contribution in [0.2, 0.25) is 0 Å². The first-order valence-corrected chi connectivity index (χ1v) is 11.6. The maximum absolute atomic E-state index is 13.0. The van der Waals surface area contributed by atoms with Gasteiger partial charge in [0.1, 0.15) is 5.82 Å². The highest BCUT2D eigenvalue weighted by Crippen LogP contribution is 2.30. The van der Waals surface area contributed by atoms with Crippen molar-refractivity contribution in [2.75, 3.05) is 18.8 Å². The van der Waals surface area contributed by atoms with Crippen molar-refractivity contribution in [1.82, 2.24) is 4.31 Å². The number of benzene rings is 2. The third-order valence-corrected chi connectivity index (χ3v) is 8.50. The van der Waals surface area contributed by atoms with Crippen LogP contribution in [0.5, 0.6) is 0 Å². The Morgan fingerprint density at radius 2 is 1.65 bits per heavy atom. The highest BCUT2D eigenvalue weighted by Gasteiger charge is 2.34. The summed E-state index contributed by atoms with van der Waals surface area (Å²) in [4.78, 5) is 0. The Labute approximate surface area is 153 Å². The standard InChI is InChI=1S/C18H20FNO4S2/c19-17-8-6-15(7-9-17)14-26(23,24)20-11-10-18(25(21,22)13-12-20)16-4-2-1-3-5-16/h1-9,18H,10-14H2. The molecule has 1 aliphatic rings. The lowest BCUT2D eigenvalue weighted by Gasteiger charge is -2.19. The molecule has 8 heteroatoms. The van der Waals surface area contributed by atoms with E-state index in [0.717, 1.165) is 0 Å². The van der Waals surface area contributed by atoms with E-state index in [4.69, 9.17) is 0 Å². The van der Waals surface area contributed by atoms with Gasteiger partial charge in [-0.1, -0.05) is 42.5 Å². The van der Waals surface area contributed by atoms with Crippen molar-refractivity contribution < 1.29 is 21.2 Å². The lowest BCUT2D eigenvalue weighted by molar-refractivity contribution is 0.427. The first kappa shape index (κ1) is 19.0. The first-order chi connectivity index (χ1) is 12.3. The highest BCUT2D eigenvalue weighted by atomic mass is 32.2. The van der Waals surface area contributed by atoms with Gasteiger partial charge in [0.15, 0.2) is 9.84 Å². The van der Waals surface area contributed by atoms with Crippen LogP contribution in [0.15, 0.2) is 54.6 Å². The third-order valence-electron chi connectivity index (χ3n) is 4.53. The van der Waals surface area contributed by atoms with Gasteiger partial charge in [0, 0.05) is 13.1 Å². The van der Waals surface area contributed by atoms with Gasteiger partial charge in [-0.05, 0) is 29.7 Å². The molecule has 1 unspecified atom stereocenters. The fraction of sp³-hybridized carbons (Fsp3) is 0.333. The molecule has 0 saturated carbocycles. The SMILES string of the molecule is O=S1(=O)CCN(S(=O)(=O)Cc2ccc(F)cc2)CCC1c1ccccc1. The monoisotopic (exact) mass is 397 g/mol. The van der Waals surface area contributed by atoms with Crippen LogP contribution in [-0.2, 0) is 25.6 Å². The van der Waals surface area contributed by atoms with Crippen molar-refractivity contribution in [3.05, 3.63) is 71.5 Å². The van der Waals surface area contributed by atoms with E-state index in [-0.39, 0.29) is 31.0 Å². The van der Waals surface area contributed by atoms with Crippen molar-refractivity contribution in [3.8, 4) is 0 Å². The number of rotatable bonds is 4. The minimum atomic E-state index is -3.68. The minimum absolute atomic E-state index is 0.0603. The van der Waals surface area contributed by atoms with E-state index in [2.05, 4.69) is 0 Å². The largest absolute Gasteiger partial charge is 0.228 e. The Morgan fingerprint density at radius 3 is 2.31 bits per heavy atom. The minimum Gasteiger partial charge on any atom is -0.228 e. The normalized spacial score (nSPS) is 21.2. The number of halogens is 1. The molecule has 140 valence electrons. The van der Waals surface area contributed by atoms with Crippen LogP contribution in [0.25, 0.3) is 0 Å². The summed E-state index contributed by atoms with van der Waals surface area (Å²) < 4.78 is 64.8. The second-order valence-electron chi connectivity index (χ2n) is 6.34. The van der Waals surface area contributed by atoms with E-state index >= 15 is 0 Å². The molecule has 2 aromatic carbocycles. The number of hydrogen-bond acceptors (Lipinski definition) is 4. The summed E-state index contributed by atoms with van der Waals surface area (Å²) in [5.74, 6) is -0.920. The van der Waals surface area contributed by atoms with Crippen LogP contribution >= 0.6 is 0 Å². The molecule has 1 fully saturated rings. The zero-order valence-corrected chi connectivity index (χ0v) is 15.7. The molecular formula is C18H20FNO4S2. The third kappa shape index (κ3) is 4.31. The predicted octanol–water partition coefficient (Wildman–Crippen LogP) is 2.52. The van der Waals surface area contributed by atoms with Gasteiger partial charge in [0.2, 0.25) is 10.0 Å². The second kappa shape index (κ2) is 7.46. The van der Waals surface area contributed by atoms with E-state index in [9.17, 15) is 21.2 Å². The summed E-state index contributed by atoms with van der Waals surface area (Å²) in [5.41, 5.74) is 1.16. The predicted molar refractivity (Wildman–Crippen MR) is 98.2 cm³/mol. The number of nitrogens with zero attached hydrogens (tertiary/aromatic N) is 1. The zero-order chi connectivity index (χ0) is 18.8. The lowest BCUT2D eigenvalue weighted by atomic mass is 10.1. The quantitative estimate of drug-likeness (QED) is 0.795. The van der Waals surface area contributed by atoms with Crippen LogP contribution < -0.4 is 0 Å². The molecule has 0 radical (unpaired) electrons. The highest BCUT2D eigenvalue weighted by molar-refractivity contribution is 7.91. The summed E-state index contributed by atoms with van der Waals surface area (Å²) in [7, 11) is -7.12. The van der Waals surface area contributed by atoms with Crippen molar-refractivity contribution in [1.29, 1.82) is 0 Å². The molecule has 2 aromatic rings. The summed E-state index contributed by atoms with van der Waals surface area (Å²) in [6.45, 7) is 0.0809. The summed E-state index contributed by atoms with van der Waals surface area (Å²) in [6.07, 6.45) is 0.217. The molecular weight excluding hydrogens is 377 g/mol. The van der Waals surface area contributed by atoms with E-state index in [0.29, 0.717) is 11.1 Å². The molecule has 5 nitrogen and oxygen atoms in total. The van der Waals surface area contributed by atoms with Crippen LogP contribution in [0.3, 0.4) is 0 Å². The number of hydrogen-bond donors (Lipinski definition) is 0. The van der Waals surface area contributed by atoms with Crippen LogP contribution in [0, 0.1) is 5.82 Å². The van der Waals surface area contributed by atoms with Gasteiger partial charge in [-0.3, -0.25) is 0 Å². The molecule has 0 aromatic heterocycles. The molecule has 0 aliphatic carbocycles. The average Bonchev–Trinajstić information content (AvgIpc) is 2.76. The number of sulfone groups is 1. The van der Waals surface area contributed by atoms with Gasteiger partial charge >= 0.3 is 0 Å². The maximum atomic E-state index is 13.0. The fourth-order valence-corrected chi connectivity index (χ4v) is 6.59. The smallest absolute Gasteiger partial charge is 0.218 e. The molecule has 3 rings (SSSR count). The Kier molecular flexibility index (Phi) is 5.45. The summed E-state index contributed by atoms with van der Waals surface area (Å²) in [6, 6.07) is 14.1. The van der Waals surface area contributed by atoms with Gasteiger partial charge in [0.05, 0.1) is 16.8 Å². The molecule has 1 aliphatic heterocycles. The van der Waals surface area contributed by atoms with Crippen molar-refractivity contribution in [2.24, 2.45) is 0 Å². The lowest BCUT2D eigenvalue weighted by Crippen LogP contribution is -2.34.